The maximum Gasteiger partial charge on any atom is 0.227 e. The zero-order valence-corrected chi connectivity index (χ0v) is 20.1. The number of halogens is 1. The van der Waals surface area contributed by atoms with E-state index in [1.165, 1.54) is 5.69 Å². The maximum absolute atomic E-state index is 12.6. The first-order valence-electron chi connectivity index (χ1n) is 11.0. The molecule has 1 aromatic heterocycles. The van der Waals surface area contributed by atoms with Gasteiger partial charge in [0.25, 0.3) is 0 Å². The fourth-order valence-electron chi connectivity index (χ4n) is 4.60. The number of aryl methyl sites for hydroxylation is 1. The predicted octanol–water partition coefficient (Wildman–Crippen LogP) is 2.94. The van der Waals surface area contributed by atoms with Crippen LogP contribution in [0.5, 0.6) is 0 Å². The minimum absolute atomic E-state index is 0.0676. The van der Waals surface area contributed by atoms with Crippen molar-refractivity contribution in [2.75, 3.05) is 47.1 Å². The lowest BCUT2D eigenvalue weighted by Gasteiger charge is -2.30. The Labute approximate surface area is 194 Å². The number of nitrogens with one attached hydrogen (secondary N) is 1. The number of rotatable bonds is 7. The van der Waals surface area contributed by atoms with Crippen molar-refractivity contribution in [2.24, 2.45) is 0 Å². The molecule has 3 aliphatic rings. The first-order valence-corrected chi connectivity index (χ1v) is 13.1. The van der Waals surface area contributed by atoms with Crippen LogP contribution < -0.4 is 15.1 Å². The molecule has 1 aliphatic carbocycles. The zero-order valence-electron chi connectivity index (χ0n) is 17.7. The van der Waals surface area contributed by atoms with Gasteiger partial charge in [-0.15, -0.1) is 0 Å². The highest BCUT2D eigenvalue weighted by molar-refractivity contribution is 9.10. The number of anilines is 3. The van der Waals surface area contributed by atoms with Gasteiger partial charge in [-0.25, -0.2) is 4.98 Å². The van der Waals surface area contributed by atoms with E-state index in [4.69, 9.17) is 9.97 Å². The topological polar surface area (TPSA) is 87.6 Å². The van der Waals surface area contributed by atoms with Crippen LogP contribution in [0.4, 0.5) is 17.5 Å². The monoisotopic (exact) mass is 505 g/mol. The van der Waals surface area contributed by atoms with E-state index in [1.807, 2.05) is 0 Å². The lowest BCUT2D eigenvalue weighted by Crippen LogP contribution is -2.38. The van der Waals surface area contributed by atoms with Gasteiger partial charge in [0.15, 0.2) is 5.82 Å². The van der Waals surface area contributed by atoms with Gasteiger partial charge in [0, 0.05) is 42.3 Å². The lowest BCUT2D eigenvalue weighted by molar-refractivity contribution is 0.265. The van der Waals surface area contributed by atoms with Crippen molar-refractivity contribution in [2.45, 2.75) is 49.1 Å². The van der Waals surface area contributed by atoms with E-state index in [2.05, 4.69) is 62.2 Å². The van der Waals surface area contributed by atoms with E-state index in [-0.39, 0.29) is 12.1 Å². The van der Waals surface area contributed by atoms with Gasteiger partial charge in [0.2, 0.25) is 10.8 Å². The van der Waals surface area contributed by atoms with E-state index in [0.717, 1.165) is 60.4 Å². The van der Waals surface area contributed by atoms with Crippen LogP contribution >= 0.6 is 15.9 Å². The van der Waals surface area contributed by atoms with Crippen LogP contribution in [-0.4, -0.2) is 63.2 Å². The molecule has 0 radical (unpaired) electrons. The van der Waals surface area contributed by atoms with Gasteiger partial charge in [-0.05, 0) is 61.6 Å². The summed E-state index contributed by atoms with van der Waals surface area (Å²) in [6, 6.07) is 8.87. The highest BCUT2D eigenvalue weighted by Gasteiger charge is 2.45. The van der Waals surface area contributed by atoms with Crippen molar-refractivity contribution in [1.29, 1.82) is 0 Å². The summed E-state index contributed by atoms with van der Waals surface area (Å²) in [6.45, 7) is 4.95. The highest BCUT2D eigenvalue weighted by Crippen LogP contribution is 2.41. The average Bonchev–Trinajstić information content (AvgIpc) is 3.19. The van der Waals surface area contributed by atoms with Crippen molar-refractivity contribution in [3.63, 3.8) is 0 Å². The van der Waals surface area contributed by atoms with Gasteiger partial charge >= 0.3 is 0 Å². The average molecular weight is 506 g/mol. The van der Waals surface area contributed by atoms with E-state index in [0.29, 0.717) is 23.6 Å². The molecule has 0 spiro atoms. The Morgan fingerprint density at radius 2 is 2.10 bits per heavy atom. The molecule has 5 rings (SSSR count). The number of hydrogen-bond acceptors (Lipinski definition) is 7. The van der Waals surface area contributed by atoms with Crippen LogP contribution in [0.1, 0.15) is 31.9 Å². The summed E-state index contributed by atoms with van der Waals surface area (Å²) in [6.07, 6.45) is 3.58. The van der Waals surface area contributed by atoms with Gasteiger partial charge in [0.05, 0.1) is 12.1 Å². The molecule has 2 fully saturated rings. The lowest BCUT2D eigenvalue weighted by atomic mass is 10.2. The molecule has 9 heteroatoms. The third-order valence-corrected chi connectivity index (χ3v) is 8.59. The van der Waals surface area contributed by atoms with E-state index >= 15 is 0 Å². The fraction of sp³-hybridized carbons (Fsp3) is 0.545. The number of aromatic nitrogens is 2. The van der Waals surface area contributed by atoms with Crippen molar-refractivity contribution in [1.82, 2.24) is 9.97 Å². The Balaban J connectivity index is 1.39. The summed E-state index contributed by atoms with van der Waals surface area (Å²) in [7, 11) is 0. The number of aliphatic hydroxyl groups excluding tert-OH is 1. The van der Waals surface area contributed by atoms with E-state index < -0.39 is 11.2 Å². The standard InChI is InChI=1S/C22H28BrN5O2S/c1-2-28(16-5-3-15(23)4-6-16)17-7-11-27(13-17)21-24-18-8-12-31(30)19(18)20(25-21)26-22(14-29)9-10-22/h3-6,17,29H,2,7-14H2,1H3,(H,24,25,26)/t17-,31?/m1/s1. The molecule has 2 atom stereocenters. The second-order valence-corrected chi connectivity index (χ2v) is 11.1. The molecular formula is C22H28BrN5O2S. The summed E-state index contributed by atoms with van der Waals surface area (Å²) in [5.74, 6) is 1.97. The molecule has 0 amide bonds. The van der Waals surface area contributed by atoms with Crippen LogP contribution in [-0.2, 0) is 17.6 Å². The summed E-state index contributed by atoms with van der Waals surface area (Å²) in [4.78, 5) is 15.1. The second kappa shape index (κ2) is 8.42. The Morgan fingerprint density at radius 1 is 1.32 bits per heavy atom. The van der Waals surface area contributed by atoms with E-state index in [1.54, 1.807) is 0 Å². The van der Waals surface area contributed by atoms with Crippen molar-refractivity contribution in [3.05, 3.63) is 34.4 Å². The smallest absolute Gasteiger partial charge is 0.227 e. The third kappa shape index (κ3) is 4.13. The Kier molecular flexibility index (Phi) is 5.79. The number of nitrogens with zero attached hydrogens (tertiary/aromatic N) is 4. The van der Waals surface area contributed by atoms with Crippen LogP contribution in [0.15, 0.2) is 33.6 Å². The zero-order chi connectivity index (χ0) is 21.6. The van der Waals surface area contributed by atoms with Gasteiger partial charge in [-0.1, -0.05) is 15.9 Å². The summed E-state index contributed by atoms with van der Waals surface area (Å²) < 4.78 is 13.7. The van der Waals surface area contributed by atoms with Crippen molar-refractivity contribution < 1.29 is 9.66 Å². The molecule has 166 valence electrons. The molecule has 1 saturated heterocycles. The molecule has 7 nitrogen and oxygen atoms in total. The second-order valence-electron chi connectivity index (χ2n) is 8.66. The Hall–Kier alpha value is -1.55. The first kappa shape index (κ1) is 21.3. The number of benzene rings is 1. The minimum Gasteiger partial charge on any atom is -0.611 e. The Bertz CT molecular complexity index is 956. The largest absolute Gasteiger partial charge is 0.611 e. The van der Waals surface area contributed by atoms with Gasteiger partial charge in [-0.2, -0.15) is 4.98 Å². The van der Waals surface area contributed by atoms with Crippen LogP contribution in [0.2, 0.25) is 0 Å². The third-order valence-electron chi connectivity index (χ3n) is 6.60. The molecule has 1 saturated carbocycles. The Morgan fingerprint density at radius 3 is 2.77 bits per heavy atom. The summed E-state index contributed by atoms with van der Waals surface area (Å²) in [5, 5.41) is 13.2. The molecule has 1 aromatic carbocycles. The highest BCUT2D eigenvalue weighted by atomic mass is 79.9. The molecule has 31 heavy (non-hydrogen) atoms. The predicted molar refractivity (Wildman–Crippen MR) is 127 cm³/mol. The molecular weight excluding hydrogens is 478 g/mol. The normalized spacial score (nSPS) is 23.7. The fourth-order valence-corrected chi connectivity index (χ4v) is 6.17. The SMILES string of the molecule is CCN(c1ccc(Br)cc1)[C@@H]1CCN(c2nc3c(c(NC4(CO)CC4)n2)[S+]([O-])CC3)C1. The number of likely N-dealkylation sites (N-methyl/N-ethyl adjacent to an activating group) is 1. The molecule has 1 unspecified atom stereocenters. The molecule has 0 bridgehead atoms. The molecule has 2 aromatic rings. The maximum atomic E-state index is 12.6. The summed E-state index contributed by atoms with van der Waals surface area (Å²) in [5.41, 5.74) is 1.81. The minimum atomic E-state index is -1.07. The number of aliphatic hydroxyl groups is 1. The van der Waals surface area contributed by atoms with Crippen LogP contribution in [0, 0.1) is 0 Å². The number of hydrogen-bond donors (Lipinski definition) is 2. The van der Waals surface area contributed by atoms with Gasteiger partial charge in [-0.3, -0.25) is 0 Å². The van der Waals surface area contributed by atoms with Crippen LogP contribution in [0.25, 0.3) is 0 Å². The quantitative estimate of drug-likeness (QED) is 0.559. The molecule has 2 N–H and O–H groups in total. The van der Waals surface area contributed by atoms with Crippen molar-refractivity contribution in [3.8, 4) is 0 Å². The van der Waals surface area contributed by atoms with E-state index in [9.17, 15) is 9.66 Å². The van der Waals surface area contributed by atoms with Crippen molar-refractivity contribution >= 4 is 44.6 Å². The summed E-state index contributed by atoms with van der Waals surface area (Å²) >= 11 is 2.45. The molecule has 2 aliphatic heterocycles. The van der Waals surface area contributed by atoms with Crippen LogP contribution in [0.3, 0.4) is 0 Å². The molecule has 3 heterocycles. The first-order chi connectivity index (χ1) is 15.0. The van der Waals surface area contributed by atoms with Gasteiger partial charge in [0.1, 0.15) is 11.4 Å². The number of fused-ring (bicyclic) bond motifs is 1. The van der Waals surface area contributed by atoms with Gasteiger partial charge < -0.3 is 24.8 Å².